The van der Waals surface area contributed by atoms with Crippen molar-refractivity contribution in [3.63, 3.8) is 0 Å². The fraction of sp³-hybridized carbons (Fsp3) is 0.312. The number of alkyl halides is 2. The van der Waals surface area contributed by atoms with Crippen LogP contribution in [-0.4, -0.2) is 20.1 Å². The third-order valence-electron chi connectivity index (χ3n) is 3.41. The Morgan fingerprint density at radius 2 is 1.79 bits per heavy atom. The second-order valence-electron chi connectivity index (χ2n) is 5.29. The van der Waals surface area contributed by atoms with Crippen LogP contribution in [0.15, 0.2) is 40.6 Å². The van der Waals surface area contributed by atoms with E-state index in [-0.39, 0.29) is 22.1 Å². The van der Waals surface area contributed by atoms with Crippen molar-refractivity contribution in [2.45, 2.75) is 30.5 Å². The van der Waals surface area contributed by atoms with Gasteiger partial charge in [0.2, 0.25) is 0 Å². The summed E-state index contributed by atoms with van der Waals surface area (Å²) in [6, 6.07) is 8.56. The molecule has 0 atom stereocenters. The van der Waals surface area contributed by atoms with Crippen molar-refractivity contribution in [3.05, 3.63) is 52.4 Å². The molecule has 0 aliphatic rings. The van der Waals surface area contributed by atoms with Crippen LogP contribution in [0.4, 0.5) is 8.78 Å². The highest BCUT2D eigenvalue weighted by atomic mass is 32.2. The highest BCUT2D eigenvalue weighted by molar-refractivity contribution is 7.93. The van der Waals surface area contributed by atoms with Gasteiger partial charge in [0.1, 0.15) is 4.21 Å². The second-order valence-corrected chi connectivity index (χ2v) is 8.88. The van der Waals surface area contributed by atoms with Crippen molar-refractivity contribution in [1.82, 2.24) is 5.32 Å². The van der Waals surface area contributed by atoms with Gasteiger partial charge in [0.15, 0.2) is 9.84 Å². The molecule has 0 bridgehead atoms. The average molecular weight is 373 g/mol. The minimum Gasteiger partial charge on any atom is -0.347 e. The molecule has 1 aromatic heterocycles. The first-order valence-electron chi connectivity index (χ1n) is 7.21. The average Bonchev–Trinajstić information content (AvgIpc) is 3.03. The van der Waals surface area contributed by atoms with Crippen molar-refractivity contribution in [2.24, 2.45) is 0 Å². The first-order valence-corrected chi connectivity index (χ1v) is 9.68. The van der Waals surface area contributed by atoms with Gasteiger partial charge in [-0.1, -0.05) is 31.2 Å². The molecule has 130 valence electrons. The fourth-order valence-corrected chi connectivity index (χ4v) is 4.28. The van der Waals surface area contributed by atoms with E-state index >= 15 is 0 Å². The van der Waals surface area contributed by atoms with Gasteiger partial charge in [0, 0.05) is 19.0 Å². The molecule has 1 heterocycles. The Morgan fingerprint density at radius 3 is 2.33 bits per heavy atom. The normalized spacial score (nSPS) is 12.2. The van der Waals surface area contributed by atoms with Gasteiger partial charge in [-0.05, 0) is 17.7 Å². The number of sulfone groups is 1. The van der Waals surface area contributed by atoms with Crippen LogP contribution in [0.2, 0.25) is 0 Å². The molecule has 24 heavy (non-hydrogen) atoms. The minimum absolute atomic E-state index is 0.0248. The van der Waals surface area contributed by atoms with Crippen molar-refractivity contribution in [1.29, 1.82) is 0 Å². The lowest BCUT2D eigenvalue weighted by atomic mass is 10.1. The van der Waals surface area contributed by atoms with Crippen LogP contribution in [-0.2, 0) is 22.3 Å². The molecule has 0 saturated heterocycles. The van der Waals surface area contributed by atoms with E-state index in [1.54, 1.807) is 0 Å². The van der Waals surface area contributed by atoms with Gasteiger partial charge >= 0.3 is 0 Å². The molecule has 0 spiro atoms. The van der Waals surface area contributed by atoms with E-state index in [0.29, 0.717) is 10.4 Å². The molecule has 4 nitrogen and oxygen atoms in total. The molecular formula is C16H17F2NO3S2. The Balaban J connectivity index is 2.01. The Bertz CT molecular complexity index is 822. The van der Waals surface area contributed by atoms with Crippen LogP contribution in [0, 0.1) is 0 Å². The minimum atomic E-state index is -3.33. The zero-order valence-electron chi connectivity index (χ0n) is 13.2. The lowest BCUT2D eigenvalue weighted by Gasteiger charge is -2.11. The Morgan fingerprint density at radius 1 is 1.17 bits per heavy atom. The maximum Gasteiger partial charge on any atom is 0.270 e. The maximum atomic E-state index is 13.1. The molecule has 2 aromatic rings. The number of halogens is 2. The van der Waals surface area contributed by atoms with E-state index in [2.05, 4.69) is 5.32 Å². The Hall–Kier alpha value is -1.80. The van der Waals surface area contributed by atoms with Crippen LogP contribution < -0.4 is 5.32 Å². The molecule has 0 saturated carbocycles. The van der Waals surface area contributed by atoms with Crippen LogP contribution >= 0.6 is 11.3 Å². The number of thiophene rings is 1. The van der Waals surface area contributed by atoms with Crippen molar-refractivity contribution >= 4 is 27.1 Å². The SMILES string of the molecule is CCS(=O)(=O)c1ccc(C(=O)NCc2ccc(C(C)(F)F)cc2)s1. The molecule has 8 heteroatoms. The van der Waals surface area contributed by atoms with E-state index in [1.165, 1.54) is 43.3 Å². The molecule has 0 aliphatic heterocycles. The zero-order chi connectivity index (χ0) is 18.0. The number of nitrogens with one attached hydrogen (secondary N) is 1. The zero-order valence-corrected chi connectivity index (χ0v) is 14.8. The van der Waals surface area contributed by atoms with Gasteiger partial charge in [0.05, 0.1) is 10.6 Å². The van der Waals surface area contributed by atoms with Gasteiger partial charge in [-0.3, -0.25) is 4.79 Å². The van der Waals surface area contributed by atoms with Crippen molar-refractivity contribution < 1.29 is 22.0 Å². The number of amides is 1. The molecule has 1 N–H and O–H groups in total. The summed E-state index contributed by atoms with van der Waals surface area (Å²) in [7, 11) is -3.33. The molecule has 2 rings (SSSR count). The molecule has 1 amide bonds. The Labute approximate surface area is 143 Å². The van der Waals surface area contributed by atoms with Crippen LogP contribution in [0.5, 0.6) is 0 Å². The third kappa shape index (κ3) is 4.39. The summed E-state index contributed by atoms with van der Waals surface area (Å²) >= 11 is 0.914. The predicted octanol–water partition coefficient (Wildman–Crippen LogP) is 3.58. The number of hydrogen-bond donors (Lipinski definition) is 1. The number of carbonyl (C=O) groups excluding carboxylic acids is 1. The molecular weight excluding hydrogens is 356 g/mol. The monoisotopic (exact) mass is 373 g/mol. The standard InChI is InChI=1S/C16H17F2NO3S2/c1-3-24(21,22)14-9-8-13(23-14)15(20)19-10-11-4-6-12(7-5-11)16(2,17)18/h4-9H,3,10H2,1-2H3,(H,19,20). The second kappa shape index (κ2) is 6.98. The largest absolute Gasteiger partial charge is 0.347 e. The van der Waals surface area contributed by atoms with Crippen LogP contribution in [0.3, 0.4) is 0 Å². The molecule has 0 fully saturated rings. The topological polar surface area (TPSA) is 63.2 Å². The van der Waals surface area contributed by atoms with Gasteiger partial charge in [-0.2, -0.15) is 0 Å². The van der Waals surface area contributed by atoms with Crippen LogP contribution in [0.25, 0.3) is 0 Å². The van der Waals surface area contributed by atoms with Gasteiger partial charge < -0.3 is 5.32 Å². The summed E-state index contributed by atoms with van der Waals surface area (Å²) in [4.78, 5) is 12.3. The summed E-state index contributed by atoms with van der Waals surface area (Å²) in [5.74, 6) is -3.33. The highest BCUT2D eigenvalue weighted by Gasteiger charge is 2.23. The number of carbonyl (C=O) groups is 1. The van der Waals surface area contributed by atoms with Crippen molar-refractivity contribution in [3.8, 4) is 0 Å². The van der Waals surface area contributed by atoms with Crippen molar-refractivity contribution in [2.75, 3.05) is 5.75 Å². The summed E-state index contributed by atoms with van der Waals surface area (Å²) in [6.07, 6.45) is 0. The summed E-state index contributed by atoms with van der Waals surface area (Å²) in [6.45, 7) is 2.53. The smallest absolute Gasteiger partial charge is 0.270 e. The summed E-state index contributed by atoms with van der Waals surface area (Å²) < 4.78 is 49.9. The fourth-order valence-electron chi connectivity index (χ4n) is 1.94. The van der Waals surface area contributed by atoms with Gasteiger partial charge in [-0.15, -0.1) is 11.3 Å². The first kappa shape index (κ1) is 18.5. The summed E-state index contributed by atoms with van der Waals surface area (Å²) in [5.41, 5.74) is 0.583. The number of hydrogen-bond acceptors (Lipinski definition) is 4. The quantitative estimate of drug-likeness (QED) is 0.842. The van der Waals surface area contributed by atoms with E-state index in [4.69, 9.17) is 0 Å². The van der Waals surface area contributed by atoms with Crippen LogP contribution in [0.1, 0.15) is 34.6 Å². The van der Waals surface area contributed by atoms with E-state index < -0.39 is 21.7 Å². The lowest BCUT2D eigenvalue weighted by Crippen LogP contribution is -2.21. The Kier molecular flexibility index (Phi) is 5.39. The van der Waals surface area contributed by atoms with E-state index in [9.17, 15) is 22.0 Å². The van der Waals surface area contributed by atoms with E-state index in [0.717, 1.165) is 18.3 Å². The lowest BCUT2D eigenvalue weighted by molar-refractivity contribution is 0.0174. The van der Waals surface area contributed by atoms with E-state index in [1.807, 2.05) is 0 Å². The summed E-state index contributed by atoms with van der Waals surface area (Å²) in [5, 5.41) is 2.65. The first-order chi connectivity index (χ1) is 11.1. The number of rotatable bonds is 6. The number of benzene rings is 1. The molecule has 0 aliphatic carbocycles. The van der Waals surface area contributed by atoms with Gasteiger partial charge in [-0.25, -0.2) is 17.2 Å². The predicted molar refractivity (Wildman–Crippen MR) is 89.2 cm³/mol. The molecule has 0 radical (unpaired) electrons. The molecule has 0 unspecified atom stereocenters. The van der Waals surface area contributed by atoms with Gasteiger partial charge in [0.25, 0.3) is 11.8 Å². The molecule has 1 aromatic carbocycles. The maximum absolute atomic E-state index is 13.1. The highest BCUT2D eigenvalue weighted by Crippen LogP contribution is 2.27. The third-order valence-corrected chi connectivity index (χ3v) is 6.81.